The van der Waals surface area contributed by atoms with E-state index in [9.17, 15) is 14.7 Å². The monoisotopic (exact) mass is 336 g/mol. The minimum atomic E-state index is -1.13. The molecule has 0 aliphatic heterocycles. The number of carbonyl (C=O) groups excluding carboxylic acids is 1. The van der Waals surface area contributed by atoms with Gasteiger partial charge in [-0.25, -0.2) is 0 Å². The molecule has 0 spiro atoms. The molecule has 0 aliphatic carbocycles. The zero-order chi connectivity index (χ0) is 18.3. The van der Waals surface area contributed by atoms with E-state index in [1.54, 1.807) is 13.8 Å². The van der Waals surface area contributed by atoms with Gasteiger partial charge in [-0.1, -0.05) is 37.3 Å². The number of nitrogens with one attached hydrogen (secondary N) is 1. The van der Waals surface area contributed by atoms with Crippen LogP contribution >= 0.6 is 0 Å². The smallest absolute Gasteiger partial charge is 0.305 e. The number of benzene rings is 1. The fraction of sp³-hybridized carbons (Fsp3) is 0.556. The van der Waals surface area contributed by atoms with E-state index in [-0.39, 0.29) is 5.92 Å². The minimum absolute atomic E-state index is 0.171. The molecular formula is C18H28N2O4. The predicted molar refractivity (Wildman–Crippen MR) is 92.5 cm³/mol. The third-order valence-electron chi connectivity index (χ3n) is 4.28. The topological polar surface area (TPSA) is 113 Å². The van der Waals surface area contributed by atoms with Crippen LogP contribution in [0.4, 0.5) is 0 Å². The molecule has 3 atom stereocenters. The summed E-state index contributed by atoms with van der Waals surface area (Å²) in [6, 6.07) is 8.78. The van der Waals surface area contributed by atoms with E-state index in [0.717, 1.165) is 12.0 Å². The second-order valence-corrected chi connectivity index (χ2v) is 6.68. The second kappa shape index (κ2) is 8.80. The van der Waals surface area contributed by atoms with Crippen molar-refractivity contribution in [2.75, 3.05) is 0 Å². The third kappa shape index (κ3) is 5.94. The normalized spacial score (nSPS) is 15.4. The first-order chi connectivity index (χ1) is 11.2. The molecule has 1 aromatic carbocycles. The maximum absolute atomic E-state index is 12.0. The quantitative estimate of drug-likeness (QED) is 0.547. The van der Waals surface area contributed by atoms with E-state index in [0.29, 0.717) is 6.42 Å². The van der Waals surface area contributed by atoms with E-state index < -0.39 is 36.0 Å². The summed E-state index contributed by atoms with van der Waals surface area (Å²) in [7, 11) is 0. The van der Waals surface area contributed by atoms with Gasteiger partial charge in [-0.05, 0) is 38.2 Å². The van der Waals surface area contributed by atoms with Crippen molar-refractivity contribution in [3.8, 4) is 0 Å². The van der Waals surface area contributed by atoms with Gasteiger partial charge in [0.25, 0.3) is 0 Å². The molecule has 1 amide bonds. The zero-order valence-electron chi connectivity index (χ0n) is 14.5. The molecule has 0 heterocycles. The van der Waals surface area contributed by atoms with Crippen molar-refractivity contribution in [3.05, 3.63) is 35.9 Å². The molecule has 0 bridgehead atoms. The highest BCUT2D eigenvalue weighted by Crippen LogP contribution is 2.28. The Balaban J connectivity index is 2.71. The number of amides is 1. The molecule has 0 aliphatic rings. The predicted octanol–water partition coefficient (Wildman–Crippen LogP) is 1.63. The van der Waals surface area contributed by atoms with Crippen LogP contribution in [0.5, 0.6) is 0 Å². The lowest BCUT2D eigenvalue weighted by Crippen LogP contribution is -2.56. The first-order valence-electron chi connectivity index (χ1n) is 8.19. The lowest BCUT2D eigenvalue weighted by molar-refractivity contribution is -0.140. The molecule has 2 unspecified atom stereocenters. The summed E-state index contributed by atoms with van der Waals surface area (Å²) in [4.78, 5) is 22.7. The molecule has 0 fully saturated rings. The summed E-state index contributed by atoms with van der Waals surface area (Å²) in [5, 5.41) is 22.0. The Kier molecular flexibility index (Phi) is 7.38. The van der Waals surface area contributed by atoms with E-state index >= 15 is 0 Å². The molecule has 24 heavy (non-hydrogen) atoms. The van der Waals surface area contributed by atoms with Gasteiger partial charge in [0, 0.05) is 0 Å². The van der Waals surface area contributed by atoms with Gasteiger partial charge in [0.15, 0.2) is 0 Å². The molecular weight excluding hydrogens is 308 g/mol. The molecule has 1 aromatic rings. The van der Waals surface area contributed by atoms with Gasteiger partial charge < -0.3 is 21.3 Å². The van der Waals surface area contributed by atoms with Crippen LogP contribution in [0.2, 0.25) is 0 Å². The van der Waals surface area contributed by atoms with Crippen LogP contribution in [0.1, 0.15) is 51.5 Å². The SMILES string of the molecule is CCC(CC(O)C(C)(C)NC(=O)[C@@H](N)CC(=O)O)c1ccccc1. The van der Waals surface area contributed by atoms with Gasteiger partial charge in [0.1, 0.15) is 0 Å². The van der Waals surface area contributed by atoms with Crippen LogP contribution in [0.3, 0.4) is 0 Å². The van der Waals surface area contributed by atoms with Gasteiger partial charge in [0.2, 0.25) is 5.91 Å². The van der Waals surface area contributed by atoms with Crippen molar-refractivity contribution in [3.63, 3.8) is 0 Å². The first kappa shape index (κ1) is 20.1. The van der Waals surface area contributed by atoms with Crippen molar-refractivity contribution < 1.29 is 19.8 Å². The van der Waals surface area contributed by atoms with Crippen LogP contribution in [0.25, 0.3) is 0 Å². The Morgan fingerprint density at radius 1 is 1.25 bits per heavy atom. The summed E-state index contributed by atoms with van der Waals surface area (Å²) in [6.45, 7) is 5.47. The number of carboxylic acid groups (broad SMARTS) is 1. The minimum Gasteiger partial charge on any atom is -0.481 e. The average molecular weight is 336 g/mol. The third-order valence-corrected chi connectivity index (χ3v) is 4.28. The number of nitrogens with two attached hydrogens (primary N) is 1. The largest absolute Gasteiger partial charge is 0.481 e. The van der Waals surface area contributed by atoms with E-state index in [1.807, 2.05) is 30.3 Å². The Morgan fingerprint density at radius 3 is 2.33 bits per heavy atom. The van der Waals surface area contributed by atoms with Crippen LogP contribution in [0.15, 0.2) is 30.3 Å². The number of aliphatic hydroxyl groups is 1. The molecule has 0 saturated carbocycles. The van der Waals surface area contributed by atoms with E-state index in [1.165, 1.54) is 0 Å². The molecule has 134 valence electrons. The number of hydrogen-bond donors (Lipinski definition) is 4. The van der Waals surface area contributed by atoms with Gasteiger partial charge in [0.05, 0.1) is 24.1 Å². The van der Waals surface area contributed by atoms with Gasteiger partial charge >= 0.3 is 5.97 Å². The summed E-state index contributed by atoms with van der Waals surface area (Å²) in [6.07, 6.45) is 0.120. The van der Waals surface area contributed by atoms with Gasteiger partial charge in [-0.3, -0.25) is 9.59 Å². The Hall–Kier alpha value is -1.92. The maximum atomic E-state index is 12.0. The number of hydrogen-bond acceptors (Lipinski definition) is 4. The number of carboxylic acids is 1. The molecule has 0 aromatic heterocycles. The zero-order valence-corrected chi connectivity index (χ0v) is 14.5. The van der Waals surface area contributed by atoms with Crippen LogP contribution in [0, 0.1) is 0 Å². The standard InChI is InChI=1S/C18H28N2O4/c1-4-12(13-8-6-5-7-9-13)10-15(21)18(2,3)20-17(24)14(19)11-16(22)23/h5-9,12,14-15,21H,4,10-11,19H2,1-3H3,(H,20,24)(H,22,23)/t12?,14-,15?/m0/s1. The average Bonchev–Trinajstić information content (AvgIpc) is 2.52. The van der Waals surface area contributed by atoms with E-state index in [2.05, 4.69) is 12.2 Å². The number of aliphatic hydroxyl groups excluding tert-OH is 1. The molecule has 6 heteroatoms. The summed E-state index contributed by atoms with van der Waals surface area (Å²) in [5.41, 5.74) is 5.80. The molecule has 1 rings (SSSR count). The van der Waals surface area contributed by atoms with Crippen LogP contribution < -0.4 is 11.1 Å². The highest BCUT2D eigenvalue weighted by molar-refractivity contribution is 5.86. The van der Waals surface area contributed by atoms with Gasteiger partial charge in [-0.2, -0.15) is 0 Å². The highest BCUT2D eigenvalue weighted by Gasteiger charge is 2.33. The van der Waals surface area contributed by atoms with E-state index in [4.69, 9.17) is 10.8 Å². The lowest BCUT2D eigenvalue weighted by atomic mass is 9.84. The van der Waals surface area contributed by atoms with Crippen molar-refractivity contribution in [2.45, 2.75) is 63.6 Å². The molecule has 6 nitrogen and oxygen atoms in total. The maximum Gasteiger partial charge on any atom is 0.305 e. The number of rotatable bonds is 9. The van der Waals surface area contributed by atoms with Crippen molar-refractivity contribution >= 4 is 11.9 Å². The Labute approximate surface area is 143 Å². The lowest BCUT2D eigenvalue weighted by Gasteiger charge is -2.34. The highest BCUT2D eigenvalue weighted by atomic mass is 16.4. The van der Waals surface area contributed by atoms with Crippen molar-refractivity contribution in [2.24, 2.45) is 5.73 Å². The molecule has 0 saturated heterocycles. The first-order valence-corrected chi connectivity index (χ1v) is 8.19. The Bertz CT molecular complexity index is 545. The fourth-order valence-electron chi connectivity index (χ4n) is 2.60. The Morgan fingerprint density at radius 2 is 1.83 bits per heavy atom. The number of aliphatic carboxylic acids is 1. The molecule has 0 radical (unpaired) electrons. The van der Waals surface area contributed by atoms with Crippen LogP contribution in [-0.4, -0.2) is 39.8 Å². The summed E-state index contributed by atoms with van der Waals surface area (Å²) < 4.78 is 0. The summed E-state index contributed by atoms with van der Waals surface area (Å²) in [5.74, 6) is -1.54. The van der Waals surface area contributed by atoms with Crippen molar-refractivity contribution in [1.82, 2.24) is 5.32 Å². The van der Waals surface area contributed by atoms with Gasteiger partial charge in [-0.15, -0.1) is 0 Å². The summed E-state index contributed by atoms with van der Waals surface area (Å²) >= 11 is 0. The number of carbonyl (C=O) groups is 2. The second-order valence-electron chi connectivity index (χ2n) is 6.68. The van der Waals surface area contributed by atoms with Crippen molar-refractivity contribution in [1.29, 1.82) is 0 Å². The fourth-order valence-corrected chi connectivity index (χ4v) is 2.60. The molecule has 5 N–H and O–H groups in total. The van der Waals surface area contributed by atoms with Crippen LogP contribution in [-0.2, 0) is 9.59 Å².